The lowest BCUT2D eigenvalue weighted by Gasteiger charge is -2.42. The second-order valence-electron chi connectivity index (χ2n) is 10.1. The topological polar surface area (TPSA) is 113 Å². The SMILES string of the molecule is COC[C@H](C)NC(=O)N1CC(Nc2ncc3c(n2)[C@@](C)(c2cccc(Cl)c2F)CN(c2ncccc2F)C3=O)C1. The van der Waals surface area contributed by atoms with Crippen molar-refractivity contribution < 1.29 is 23.1 Å². The third-order valence-electron chi connectivity index (χ3n) is 7.09. The standard InChI is InChI=1S/C27H28ClF2N7O3/c1-15(13-40-3)33-26(39)36-11-16(12-36)34-25-32-10-17-22(35-25)27(2,18-6-4-7-19(28)21(18)30)14-37(24(17)38)23-20(29)8-5-9-31-23/h4-10,15-16H,11-14H2,1-3H3,(H,33,39)(H,32,34,35)/t15-,27+/m0/s1. The van der Waals surface area contributed by atoms with Crippen molar-refractivity contribution in [2.45, 2.75) is 31.3 Å². The van der Waals surface area contributed by atoms with Crippen molar-refractivity contribution in [3.05, 3.63) is 76.2 Å². The number of benzene rings is 1. The van der Waals surface area contributed by atoms with Gasteiger partial charge in [-0.1, -0.05) is 23.7 Å². The Morgan fingerprint density at radius 3 is 2.75 bits per heavy atom. The molecule has 2 aliphatic heterocycles. The highest BCUT2D eigenvalue weighted by molar-refractivity contribution is 6.30. The first kappa shape index (κ1) is 27.7. The molecule has 1 saturated heterocycles. The van der Waals surface area contributed by atoms with Crippen LogP contribution in [-0.2, 0) is 10.2 Å². The van der Waals surface area contributed by atoms with Crippen molar-refractivity contribution in [3.8, 4) is 0 Å². The van der Waals surface area contributed by atoms with E-state index in [0.29, 0.717) is 19.7 Å². The summed E-state index contributed by atoms with van der Waals surface area (Å²) in [6.45, 7) is 4.66. The lowest BCUT2D eigenvalue weighted by atomic mass is 9.74. The Morgan fingerprint density at radius 1 is 1.25 bits per heavy atom. The van der Waals surface area contributed by atoms with Crippen molar-refractivity contribution in [3.63, 3.8) is 0 Å². The molecule has 2 aliphatic rings. The number of anilines is 2. The summed E-state index contributed by atoms with van der Waals surface area (Å²) >= 11 is 6.13. The van der Waals surface area contributed by atoms with Crippen LogP contribution in [0.2, 0.25) is 5.02 Å². The number of pyridine rings is 1. The smallest absolute Gasteiger partial charge is 0.317 e. The van der Waals surface area contributed by atoms with Gasteiger partial charge in [-0.25, -0.2) is 28.5 Å². The average Bonchev–Trinajstić information content (AvgIpc) is 2.90. The number of hydrogen-bond donors (Lipinski definition) is 2. The van der Waals surface area contributed by atoms with Crippen LogP contribution in [0, 0.1) is 11.6 Å². The molecule has 2 aromatic heterocycles. The molecule has 0 aliphatic carbocycles. The maximum atomic E-state index is 15.4. The van der Waals surface area contributed by atoms with E-state index in [2.05, 4.69) is 25.6 Å². The molecule has 4 heterocycles. The molecule has 5 rings (SSSR count). The minimum atomic E-state index is -1.23. The zero-order valence-corrected chi connectivity index (χ0v) is 22.9. The number of nitrogens with one attached hydrogen (secondary N) is 2. The minimum absolute atomic E-state index is 0.0884. The van der Waals surface area contributed by atoms with Gasteiger partial charge in [0.25, 0.3) is 5.91 Å². The Bertz CT molecular complexity index is 1460. The molecule has 3 amide bonds. The maximum absolute atomic E-state index is 15.4. The molecular formula is C27H28ClF2N7O3. The van der Waals surface area contributed by atoms with Gasteiger partial charge >= 0.3 is 6.03 Å². The molecular weight excluding hydrogens is 544 g/mol. The van der Waals surface area contributed by atoms with Crippen LogP contribution in [-0.4, -0.2) is 77.2 Å². The van der Waals surface area contributed by atoms with Gasteiger partial charge in [-0.2, -0.15) is 0 Å². The number of rotatable bonds is 7. The number of likely N-dealkylation sites (tertiary alicyclic amines) is 1. The Balaban J connectivity index is 1.45. The fourth-order valence-corrected chi connectivity index (χ4v) is 5.21. The maximum Gasteiger partial charge on any atom is 0.317 e. The van der Waals surface area contributed by atoms with Gasteiger partial charge in [0.1, 0.15) is 5.82 Å². The van der Waals surface area contributed by atoms with Crippen LogP contribution in [0.1, 0.15) is 35.5 Å². The second kappa shape index (κ2) is 10.9. The molecule has 0 unspecified atom stereocenters. The van der Waals surface area contributed by atoms with E-state index >= 15 is 4.39 Å². The Morgan fingerprint density at radius 2 is 2.02 bits per heavy atom. The zero-order valence-electron chi connectivity index (χ0n) is 22.1. The largest absolute Gasteiger partial charge is 0.383 e. The Kier molecular flexibility index (Phi) is 7.56. The molecule has 0 bridgehead atoms. The van der Waals surface area contributed by atoms with Gasteiger partial charge in [0.15, 0.2) is 11.6 Å². The van der Waals surface area contributed by atoms with E-state index in [-0.39, 0.29) is 58.3 Å². The molecule has 0 radical (unpaired) electrons. The van der Waals surface area contributed by atoms with E-state index in [1.54, 1.807) is 31.1 Å². The van der Waals surface area contributed by atoms with E-state index < -0.39 is 23.0 Å². The molecule has 1 fully saturated rings. The van der Waals surface area contributed by atoms with Crippen LogP contribution >= 0.6 is 11.6 Å². The zero-order chi connectivity index (χ0) is 28.6. The van der Waals surface area contributed by atoms with E-state index in [0.717, 1.165) is 0 Å². The number of ether oxygens (including phenoxy) is 1. The van der Waals surface area contributed by atoms with Gasteiger partial charge in [0.2, 0.25) is 5.95 Å². The van der Waals surface area contributed by atoms with Crippen LogP contribution in [0.15, 0.2) is 42.7 Å². The molecule has 40 heavy (non-hydrogen) atoms. The first-order chi connectivity index (χ1) is 19.1. The number of fused-ring (bicyclic) bond motifs is 1. The van der Waals surface area contributed by atoms with Gasteiger partial charge in [-0.15, -0.1) is 0 Å². The third-order valence-corrected chi connectivity index (χ3v) is 7.38. The molecule has 210 valence electrons. The highest BCUT2D eigenvalue weighted by atomic mass is 35.5. The van der Waals surface area contributed by atoms with Gasteiger partial charge in [-0.05, 0) is 32.0 Å². The van der Waals surface area contributed by atoms with Crippen molar-refractivity contribution >= 4 is 35.3 Å². The number of carbonyl (C=O) groups excluding carboxylic acids is 2. The van der Waals surface area contributed by atoms with Crippen molar-refractivity contribution in [2.24, 2.45) is 0 Å². The molecule has 0 spiro atoms. The van der Waals surface area contributed by atoms with Gasteiger partial charge < -0.3 is 20.3 Å². The van der Waals surface area contributed by atoms with Crippen LogP contribution in [0.5, 0.6) is 0 Å². The summed E-state index contributed by atoms with van der Waals surface area (Å²) in [5.41, 5.74) is -0.683. The van der Waals surface area contributed by atoms with Crippen molar-refractivity contribution in [1.82, 2.24) is 25.2 Å². The predicted molar refractivity (Wildman–Crippen MR) is 145 cm³/mol. The number of aromatic nitrogens is 3. The number of hydrogen-bond acceptors (Lipinski definition) is 7. The van der Waals surface area contributed by atoms with E-state index in [1.165, 1.54) is 35.5 Å². The predicted octanol–water partition coefficient (Wildman–Crippen LogP) is 3.61. The first-order valence-corrected chi connectivity index (χ1v) is 13.1. The molecule has 0 saturated carbocycles. The molecule has 13 heteroatoms. The lowest BCUT2D eigenvalue weighted by Crippen LogP contribution is -2.60. The first-order valence-electron chi connectivity index (χ1n) is 12.7. The van der Waals surface area contributed by atoms with E-state index in [9.17, 15) is 14.0 Å². The van der Waals surface area contributed by atoms with Crippen molar-refractivity contribution in [1.29, 1.82) is 0 Å². The van der Waals surface area contributed by atoms with E-state index in [1.807, 2.05) is 6.92 Å². The van der Waals surface area contributed by atoms with Gasteiger partial charge in [0.05, 0.1) is 40.4 Å². The number of nitrogens with zero attached hydrogens (tertiary/aromatic N) is 5. The lowest BCUT2D eigenvalue weighted by molar-refractivity contribution is 0.0966. The third kappa shape index (κ3) is 5.04. The summed E-state index contributed by atoms with van der Waals surface area (Å²) in [5.74, 6) is -1.87. The second-order valence-corrected chi connectivity index (χ2v) is 10.5. The summed E-state index contributed by atoms with van der Waals surface area (Å²) in [7, 11) is 1.57. The monoisotopic (exact) mass is 571 g/mol. The fraction of sp³-hybridized carbons (Fsp3) is 0.370. The van der Waals surface area contributed by atoms with Crippen molar-refractivity contribution in [2.75, 3.05) is 43.6 Å². The number of amides is 3. The highest BCUT2D eigenvalue weighted by Crippen LogP contribution is 2.42. The molecule has 1 aromatic carbocycles. The van der Waals surface area contributed by atoms with Crippen LogP contribution < -0.4 is 15.5 Å². The number of halogens is 3. The summed E-state index contributed by atoms with van der Waals surface area (Å²) in [5, 5.41) is 5.95. The Labute approximate surface area is 234 Å². The summed E-state index contributed by atoms with van der Waals surface area (Å²) in [6.07, 6.45) is 2.72. The molecule has 2 atom stereocenters. The van der Waals surface area contributed by atoms with Crippen LogP contribution in [0.3, 0.4) is 0 Å². The summed E-state index contributed by atoms with van der Waals surface area (Å²) in [6, 6.07) is 6.76. The number of urea groups is 1. The van der Waals surface area contributed by atoms with Crippen LogP contribution in [0.4, 0.5) is 25.3 Å². The van der Waals surface area contributed by atoms with Gasteiger partial charge in [0, 0.05) is 44.7 Å². The minimum Gasteiger partial charge on any atom is -0.383 e. The Hall–Kier alpha value is -3.90. The highest BCUT2D eigenvalue weighted by Gasteiger charge is 2.46. The normalized spacial score (nSPS) is 19.6. The van der Waals surface area contributed by atoms with Crippen LogP contribution in [0.25, 0.3) is 0 Å². The molecule has 2 N–H and O–H groups in total. The summed E-state index contributed by atoms with van der Waals surface area (Å²) < 4.78 is 35.2. The number of carbonyl (C=O) groups is 2. The molecule has 3 aromatic rings. The molecule has 10 nitrogen and oxygen atoms in total. The number of methoxy groups -OCH3 is 1. The fourth-order valence-electron chi connectivity index (χ4n) is 5.04. The average molecular weight is 572 g/mol. The van der Waals surface area contributed by atoms with Gasteiger partial charge in [-0.3, -0.25) is 9.69 Å². The summed E-state index contributed by atoms with van der Waals surface area (Å²) in [4.78, 5) is 41.8. The quantitative estimate of drug-likeness (QED) is 0.445. The van der Waals surface area contributed by atoms with E-state index in [4.69, 9.17) is 16.3 Å².